The Morgan fingerprint density at radius 2 is 1.95 bits per heavy atom. The third-order valence-electron chi connectivity index (χ3n) is 4.06. The maximum atomic E-state index is 11.8. The van der Waals surface area contributed by atoms with Crippen molar-refractivity contribution in [1.29, 1.82) is 0 Å². The summed E-state index contributed by atoms with van der Waals surface area (Å²) in [5.41, 5.74) is -0.432. The van der Waals surface area contributed by atoms with Gasteiger partial charge in [0.15, 0.2) is 0 Å². The second kappa shape index (κ2) is 7.45. The summed E-state index contributed by atoms with van der Waals surface area (Å²) in [6, 6.07) is 0.708. The summed E-state index contributed by atoms with van der Waals surface area (Å²) >= 11 is 0. The molecule has 0 radical (unpaired) electrons. The number of alkyl carbamates (subject to hydrolysis) is 1. The predicted octanol–water partition coefficient (Wildman–Crippen LogP) is 2.59. The van der Waals surface area contributed by atoms with E-state index in [2.05, 4.69) is 10.6 Å². The molecule has 3 atom stereocenters. The van der Waals surface area contributed by atoms with Crippen molar-refractivity contribution >= 4 is 6.09 Å². The molecule has 1 saturated heterocycles. The Balaban J connectivity index is 1.62. The average Bonchev–Trinajstić information content (AvgIpc) is 2.83. The van der Waals surface area contributed by atoms with Crippen LogP contribution in [-0.4, -0.2) is 43.0 Å². The lowest BCUT2D eigenvalue weighted by molar-refractivity contribution is 0.0154. The fourth-order valence-corrected chi connectivity index (χ4v) is 3.04. The maximum Gasteiger partial charge on any atom is 0.407 e. The van der Waals surface area contributed by atoms with Gasteiger partial charge < -0.3 is 20.1 Å². The van der Waals surface area contributed by atoms with Crippen LogP contribution in [0.1, 0.15) is 59.3 Å². The molecule has 2 aliphatic rings. The first-order valence-electron chi connectivity index (χ1n) is 8.27. The molecule has 1 aliphatic heterocycles. The van der Waals surface area contributed by atoms with Crippen molar-refractivity contribution in [3.8, 4) is 0 Å². The zero-order valence-corrected chi connectivity index (χ0v) is 13.6. The number of amides is 1. The van der Waals surface area contributed by atoms with Crippen LogP contribution in [0.15, 0.2) is 0 Å². The molecule has 2 N–H and O–H groups in total. The topological polar surface area (TPSA) is 59.6 Å². The second-order valence-electron chi connectivity index (χ2n) is 7.25. The van der Waals surface area contributed by atoms with E-state index in [9.17, 15) is 4.79 Å². The van der Waals surface area contributed by atoms with Gasteiger partial charge in [-0.05, 0) is 59.3 Å². The van der Waals surface area contributed by atoms with Crippen LogP contribution in [0, 0.1) is 0 Å². The van der Waals surface area contributed by atoms with E-state index < -0.39 is 5.60 Å². The number of nitrogens with one attached hydrogen (secondary N) is 2. The largest absolute Gasteiger partial charge is 0.444 e. The van der Waals surface area contributed by atoms with Crippen LogP contribution in [0.4, 0.5) is 4.79 Å². The van der Waals surface area contributed by atoms with Crippen molar-refractivity contribution in [2.75, 3.05) is 13.2 Å². The second-order valence-corrected chi connectivity index (χ2v) is 7.25. The molecule has 1 amide bonds. The molecule has 0 aromatic heterocycles. The molecule has 1 aliphatic carbocycles. The molecule has 0 aromatic carbocycles. The van der Waals surface area contributed by atoms with E-state index in [1.807, 2.05) is 20.8 Å². The zero-order valence-electron chi connectivity index (χ0n) is 13.6. The standard InChI is InChI=1S/C16H30N2O3/c1-16(2,3)21-15(19)18-13-8-7-12(10-13)17-11-14-6-4-5-9-20-14/h12-14,17H,4-11H2,1-3H3,(H,18,19). The molecular weight excluding hydrogens is 268 g/mol. The highest BCUT2D eigenvalue weighted by molar-refractivity contribution is 5.68. The van der Waals surface area contributed by atoms with Gasteiger partial charge in [0.1, 0.15) is 5.60 Å². The van der Waals surface area contributed by atoms with E-state index in [1.165, 1.54) is 19.3 Å². The summed E-state index contributed by atoms with van der Waals surface area (Å²) in [4.78, 5) is 11.8. The molecule has 3 unspecified atom stereocenters. The van der Waals surface area contributed by atoms with E-state index in [1.54, 1.807) is 0 Å². The van der Waals surface area contributed by atoms with Gasteiger partial charge >= 0.3 is 6.09 Å². The normalized spacial score (nSPS) is 30.1. The zero-order chi connectivity index (χ0) is 15.3. The third-order valence-corrected chi connectivity index (χ3v) is 4.06. The first-order valence-corrected chi connectivity index (χ1v) is 8.27. The summed E-state index contributed by atoms with van der Waals surface area (Å²) in [5, 5.41) is 6.56. The number of carbonyl (C=O) groups is 1. The molecule has 0 bridgehead atoms. The van der Waals surface area contributed by atoms with Crippen molar-refractivity contribution < 1.29 is 14.3 Å². The molecule has 2 rings (SSSR count). The van der Waals surface area contributed by atoms with Crippen molar-refractivity contribution in [3.63, 3.8) is 0 Å². The van der Waals surface area contributed by atoms with E-state index in [-0.39, 0.29) is 12.1 Å². The third kappa shape index (κ3) is 6.22. The summed E-state index contributed by atoms with van der Waals surface area (Å²) in [7, 11) is 0. The summed E-state index contributed by atoms with van der Waals surface area (Å²) < 4.78 is 11.0. The van der Waals surface area contributed by atoms with E-state index in [4.69, 9.17) is 9.47 Å². The SMILES string of the molecule is CC(C)(C)OC(=O)NC1CCC(NCC2CCCCO2)C1. The maximum absolute atomic E-state index is 11.8. The van der Waals surface area contributed by atoms with Crippen LogP contribution in [-0.2, 0) is 9.47 Å². The quantitative estimate of drug-likeness (QED) is 0.837. The molecule has 2 fully saturated rings. The molecule has 0 spiro atoms. The Morgan fingerprint density at radius 1 is 1.19 bits per heavy atom. The Hall–Kier alpha value is -0.810. The highest BCUT2D eigenvalue weighted by atomic mass is 16.6. The van der Waals surface area contributed by atoms with Gasteiger partial charge in [0.05, 0.1) is 6.10 Å². The molecule has 1 heterocycles. The average molecular weight is 298 g/mol. The minimum atomic E-state index is -0.432. The monoisotopic (exact) mass is 298 g/mol. The van der Waals surface area contributed by atoms with Crippen molar-refractivity contribution in [2.45, 2.75) is 83.1 Å². The predicted molar refractivity (Wildman–Crippen MR) is 82.4 cm³/mol. The number of hydrogen-bond donors (Lipinski definition) is 2. The lowest BCUT2D eigenvalue weighted by atomic mass is 10.1. The Kier molecular flexibility index (Phi) is 5.88. The highest BCUT2D eigenvalue weighted by Gasteiger charge is 2.28. The van der Waals surface area contributed by atoms with Crippen molar-refractivity contribution in [1.82, 2.24) is 10.6 Å². The van der Waals surface area contributed by atoms with E-state index in [0.717, 1.165) is 32.4 Å². The number of ether oxygens (including phenoxy) is 2. The molecular formula is C16H30N2O3. The highest BCUT2D eigenvalue weighted by Crippen LogP contribution is 2.20. The van der Waals surface area contributed by atoms with Crippen LogP contribution >= 0.6 is 0 Å². The molecule has 21 heavy (non-hydrogen) atoms. The van der Waals surface area contributed by atoms with Gasteiger partial charge in [0, 0.05) is 25.2 Å². The number of carbonyl (C=O) groups excluding carboxylic acids is 1. The first kappa shape index (κ1) is 16.6. The summed E-state index contributed by atoms with van der Waals surface area (Å²) in [6.07, 6.45) is 6.81. The van der Waals surface area contributed by atoms with Gasteiger partial charge in [-0.15, -0.1) is 0 Å². The van der Waals surface area contributed by atoms with Crippen LogP contribution in [0.25, 0.3) is 0 Å². The smallest absolute Gasteiger partial charge is 0.407 e. The molecule has 1 saturated carbocycles. The number of hydrogen-bond acceptors (Lipinski definition) is 4. The van der Waals surface area contributed by atoms with Gasteiger partial charge in [0.25, 0.3) is 0 Å². The summed E-state index contributed by atoms with van der Waals surface area (Å²) in [6.45, 7) is 7.49. The Labute approximate surface area is 128 Å². The fraction of sp³-hybridized carbons (Fsp3) is 0.938. The molecule has 5 nitrogen and oxygen atoms in total. The van der Waals surface area contributed by atoms with Crippen molar-refractivity contribution in [2.24, 2.45) is 0 Å². The molecule has 0 aromatic rings. The van der Waals surface area contributed by atoms with E-state index in [0.29, 0.717) is 12.1 Å². The van der Waals surface area contributed by atoms with Gasteiger partial charge in [-0.1, -0.05) is 0 Å². The summed E-state index contributed by atoms with van der Waals surface area (Å²) in [5.74, 6) is 0. The lowest BCUT2D eigenvalue weighted by Gasteiger charge is -2.25. The Bertz CT molecular complexity index is 335. The van der Waals surface area contributed by atoms with Crippen LogP contribution in [0.5, 0.6) is 0 Å². The Morgan fingerprint density at radius 3 is 2.62 bits per heavy atom. The number of rotatable bonds is 4. The van der Waals surface area contributed by atoms with Gasteiger partial charge in [-0.2, -0.15) is 0 Å². The van der Waals surface area contributed by atoms with Crippen LogP contribution in [0.3, 0.4) is 0 Å². The first-order chi connectivity index (χ1) is 9.92. The molecule has 122 valence electrons. The van der Waals surface area contributed by atoms with Crippen molar-refractivity contribution in [3.05, 3.63) is 0 Å². The molecule has 5 heteroatoms. The van der Waals surface area contributed by atoms with Gasteiger partial charge in [-0.25, -0.2) is 4.79 Å². The van der Waals surface area contributed by atoms with E-state index >= 15 is 0 Å². The minimum absolute atomic E-state index is 0.227. The fourth-order valence-electron chi connectivity index (χ4n) is 3.04. The van der Waals surface area contributed by atoms with Gasteiger partial charge in [-0.3, -0.25) is 0 Å². The van der Waals surface area contributed by atoms with Crippen LogP contribution in [0.2, 0.25) is 0 Å². The lowest BCUT2D eigenvalue weighted by Crippen LogP contribution is -2.40. The van der Waals surface area contributed by atoms with Crippen LogP contribution < -0.4 is 10.6 Å². The van der Waals surface area contributed by atoms with Gasteiger partial charge in [0.2, 0.25) is 0 Å². The minimum Gasteiger partial charge on any atom is -0.444 e.